The second kappa shape index (κ2) is 12.4. The van der Waals surface area contributed by atoms with E-state index in [4.69, 9.17) is 5.73 Å². The van der Waals surface area contributed by atoms with Crippen molar-refractivity contribution in [3.63, 3.8) is 0 Å². The number of carbonyl (C=O) groups excluding carboxylic acids is 2. The highest BCUT2D eigenvalue weighted by atomic mass is 16.2. The maximum absolute atomic E-state index is 13.3. The van der Waals surface area contributed by atoms with Crippen molar-refractivity contribution in [2.75, 3.05) is 44.4 Å². The fraction of sp³-hybridized carbons (Fsp3) is 0.290. The van der Waals surface area contributed by atoms with Crippen molar-refractivity contribution < 1.29 is 9.59 Å². The molecule has 3 aromatic rings. The summed E-state index contributed by atoms with van der Waals surface area (Å²) in [5, 5.41) is 2.94. The molecule has 1 aliphatic rings. The summed E-state index contributed by atoms with van der Waals surface area (Å²) in [4.78, 5) is 38.3. The van der Waals surface area contributed by atoms with E-state index >= 15 is 0 Å². The Morgan fingerprint density at radius 3 is 2.28 bits per heavy atom. The zero-order valence-corrected chi connectivity index (χ0v) is 23.0. The Hall–Kier alpha value is -4.46. The number of benzene rings is 2. The van der Waals surface area contributed by atoms with Gasteiger partial charge in [0.1, 0.15) is 5.82 Å². The lowest BCUT2D eigenvalue weighted by Crippen LogP contribution is -2.38. The van der Waals surface area contributed by atoms with Crippen molar-refractivity contribution >= 4 is 35.1 Å². The number of nitrogens with two attached hydrogens (primary N) is 1. The maximum atomic E-state index is 13.3. The van der Waals surface area contributed by atoms with Crippen molar-refractivity contribution in [1.29, 1.82) is 0 Å². The first kappa shape index (κ1) is 27.6. The molecule has 3 N–H and O–H groups in total. The van der Waals surface area contributed by atoms with E-state index in [1.54, 1.807) is 43.9 Å². The summed E-state index contributed by atoms with van der Waals surface area (Å²) in [6.07, 6.45) is 6.66. The first-order valence-electron chi connectivity index (χ1n) is 13.1. The van der Waals surface area contributed by atoms with Crippen LogP contribution in [0, 0.1) is 6.92 Å². The largest absolute Gasteiger partial charge is 0.404 e. The Balaban J connectivity index is 1.38. The van der Waals surface area contributed by atoms with E-state index < -0.39 is 0 Å². The van der Waals surface area contributed by atoms with Crippen LogP contribution in [0.1, 0.15) is 56.2 Å². The molecule has 0 spiro atoms. The zero-order chi connectivity index (χ0) is 27.9. The lowest BCUT2D eigenvalue weighted by molar-refractivity contribution is 0.0712. The molecular formula is C31H36N6O2. The average molecular weight is 525 g/mol. The van der Waals surface area contributed by atoms with Crippen molar-refractivity contribution in [2.45, 2.75) is 25.7 Å². The van der Waals surface area contributed by atoms with Crippen LogP contribution >= 0.6 is 0 Å². The third-order valence-electron chi connectivity index (χ3n) is 7.15. The van der Waals surface area contributed by atoms with Crippen LogP contribution in [0.15, 0.2) is 72.0 Å². The summed E-state index contributed by atoms with van der Waals surface area (Å²) in [6, 6.07) is 17.4. The number of rotatable bonds is 7. The topological polar surface area (TPSA) is 104 Å². The number of aromatic nitrogens is 1. The molecule has 1 saturated heterocycles. The summed E-state index contributed by atoms with van der Waals surface area (Å²) in [6.45, 7) is 3.28. The number of amides is 2. The van der Waals surface area contributed by atoms with Crippen molar-refractivity contribution in [2.24, 2.45) is 10.7 Å². The van der Waals surface area contributed by atoms with Crippen LogP contribution in [-0.2, 0) is 0 Å². The maximum Gasteiger partial charge on any atom is 0.257 e. The first-order chi connectivity index (χ1) is 18.8. The van der Waals surface area contributed by atoms with Crippen LogP contribution in [0.4, 0.5) is 11.5 Å². The number of likely N-dealkylation sites (tertiary alicyclic amines) is 1. The van der Waals surface area contributed by atoms with Crippen molar-refractivity contribution in [3.8, 4) is 0 Å². The molecule has 2 heterocycles. The average Bonchev–Trinajstić information content (AvgIpc) is 2.97. The summed E-state index contributed by atoms with van der Waals surface area (Å²) >= 11 is 0. The number of allylic oxidation sites excluding steroid dienone is 1. The zero-order valence-electron chi connectivity index (χ0n) is 23.0. The Morgan fingerprint density at radius 2 is 1.69 bits per heavy atom. The van der Waals surface area contributed by atoms with Crippen LogP contribution in [0.3, 0.4) is 0 Å². The van der Waals surface area contributed by atoms with Gasteiger partial charge in [0.2, 0.25) is 0 Å². The van der Waals surface area contributed by atoms with E-state index in [1.165, 1.54) is 5.56 Å². The number of aliphatic imine (C=N–C) groups is 1. The van der Waals surface area contributed by atoms with E-state index in [1.807, 2.05) is 43.0 Å². The van der Waals surface area contributed by atoms with Crippen LogP contribution in [0.2, 0.25) is 0 Å². The molecule has 39 heavy (non-hydrogen) atoms. The number of nitrogens with zero attached hydrogens (tertiary/aromatic N) is 4. The molecule has 2 amide bonds. The minimum absolute atomic E-state index is 0.0205. The van der Waals surface area contributed by atoms with Gasteiger partial charge in [0, 0.05) is 69.7 Å². The Labute approximate surface area is 230 Å². The van der Waals surface area contributed by atoms with Crippen LogP contribution in [0.25, 0.3) is 5.57 Å². The monoisotopic (exact) mass is 524 g/mol. The SMILES string of the molecule is CN=CC(=CN)c1ccc(C2CCN(C(=O)c3ccc(C)c(NC(=O)c4ccc(N(C)C)nc4)c3)CC2)cc1. The number of hydrogen-bond donors (Lipinski definition) is 2. The van der Waals surface area contributed by atoms with E-state index in [0.29, 0.717) is 35.8 Å². The number of piperidine rings is 1. The number of hydrogen-bond acceptors (Lipinski definition) is 6. The molecule has 0 aliphatic carbocycles. The molecule has 1 aromatic heterocycles. The summed E-state index contributed by atoms with van der Waals surface area (Å²) < 4.78 is 0. The number of aryl methyl sites for hydroxylation is 1. The Morgan fingerprint density at radius 1 is 1.03 bits per heavy atom. The molecule has 0 bridgehead atoms. The molecule has 2 aromatic carbocycles. The van der Waals surface area contributed by atoms with Gasteiger partial charge in [-0.2, -0.15) is 0 Å². The summed E-state index contributed by atoms with van der Waals surface area (Å²) in [5.41, 5.74) is 11.5. The van der Waals surface area contributed by atoms with E-state index in [0.717, 1.165) is 35.4 Å². The summed E-state index contributed by atoms with van der Waals surface area (Å²) in [7, 11) is 5.52. The van der Waals surface area contributed by atoms with Crippen LogP contribution in [-0.4, -0.2) is 62.1 Å². The predicted octanol–water partition coefficient (Wildman–Crippen LogP) is 4.73. The smallest absolute Gasteiger partial charge is 0.257 e. The highest BCUT2D eigenvalue weighted by molar-refractivity contribution is 6.09. The predicted molar refractivity (Wildman–Crippen MR) is 159 cm³/mol. The van der Waals surface area contributed by atoms with Crippen molar-refractivity contribution in [3.05, 3.63) is 94.8 Å². The quantitative estimate of drug-likeness (QED) is 0.435. The third-order valence-corrected chi connectivity index (χ3v) is 7.15. The Bertz CT molecular complexity index is 1370. The van der Waals surface area contributed by atoms with Gasteiger partial charge in [0.15, 0.2) is 0 Å². The highest BCUT2D eigenvalue weighted by Crippen LogP contribution is 2.30. The minimum Gasteiger partial charge on any atom is -0.404 e. The fourth-order valence-corrected chi connectivity index (χ4v) is 4.77. The van der Waals surface area contributed by atoms with Gasteiger partial charge in [-0.05, 0) is 66.6 Å². The molecule has 1 fully saturated rings. The number of carbonyl (C=O) groups is 2. The van der Waals surface area contributed by atoms with Gasteiger partial charge in [0.25, 0.3) is 11.8 Å². The molecule has 0 saturated carbocycles. The molecule has 8 nitrogen and oxygen atoms in total. The van der Waals surface area contributed by atoms with Crippen molar-refractivity contribution in [1.82, 2.24) is 9.88 Å². The number of pyridine rings is 1. The lowest BCUT2D eigenvalue weighted by atomic mass is 9.88. The third kappa shape index (κ3) is 6.52. The van der Waals surface area contributed by atoms with E-state index in [2.05, 4.69) is 39.6 Å². The molecular weight excluding hydrogens is 488 g/mol. The molecule has 0 atom stereocenters. The first-order valence-corrected chi connectivity index (χ1v) is 13.1. The van der Waals surface area contributed by atoms with Gasteiger partial charge in [0.05, 0.1) is 5.56 Å². The highest BCUT2D eigenvalue weighted by Gasteiger charge is 2.25. The fourth-order valence-electron chi connectivity index (χ4n) is 4.77. The second-order valence-electron chi connectivity index (χ2n) is 9.98. The van der Waals surface area contributed by atoms with Gasteiger partial charge >= 0.3 is 0 Å². The van der Waals surface area contributed by atoms with Crippen LogP contribution in [0.5, 0.6) is 0 Å². The summed E-state index contributed by atoms with van der Waals surface area (Å²) in [5.74, 6) is 0.890. The van der Waals surface area contributed by atoms with Gasteiger partial charge < -0.3 is 20.9 Å². The molecule has 0 unspecified atom stereocenters. The lowest BCUT2D eigenvalue weighted by Gasteiger charge is -2.32. The number of anilines is 2. The molecule has 202 valence electrons. The minimum atomic E-state index is -0.261. The standard InChI is InChI=1S/C31H36N6O2/c1-21-5-6-25(17-28(21)35-30(38)26-11-12-29(34-20-26)36(3)4)31(39)37-15-13-24(14-16-37)22-7-9-23(10-8-22)27(18-32)19-33-2/h5-12,17-20,24H,13-16,32H2,1-4H3,(H,35,38). The van der Waals surface area contributed by atoms with Gasteiger partial charge in [-0.3, -0.25) is 14.6 Å². The van der Waals surface area contributed by atoms with Crippen LogP contribution < -0.4 is 16.0 Å². The Kier molecular flexibility index (Phi) is 8.76. The molecule has 4 rings (SSSR count). The van der Waals surface area contributed by atoms with E-state index in [-0.39, 0.29) is 11.8 Å². The molecule has 1 aliphatic heterocycles. The molecule has 8 heteroatoms. The normalized spacial score (nSPS) is 14.5. The van der Waals surface area contributed by atoms with Gasteiger partial charge in [-0.15, -0.1) is 0 Å². The van der Waals surface area contributed by atoms with Gasteiger partial charge in [-0.1, -0.05) is 30.3 Å². The van der Waals surface area contributed by atoms with E-state index in [9.17, 15) is 9.59 Å². The second-order valence-corrected chi connectivity index (χ2v) is 9.98. The molecule has 0 radical (unpaired) electrons. The number of nitrogens with one attached hydrogen (secondary N) is 1. The van der Waals surface area contributed by atoms with Gasteiger partial charge in [-0.25, -0.2) is 4.98 Å².